The van der Waals surface area contributed by atoms with Gasteiger partial charge in [-0.15, -0.1) is 5.10 Å². The number of aryl methyl sites for hydroxylation is 2. The van der Waals surface area contributed by atoms with Crippen LogP contribution >= 0.6 is 0 Å². The molecule has 2 aliphatic rings. The summed E-state index contributed by atoms with van der Waals surface area (Å²) >= 11 is 0. The molecule has 3 atom stereocenters. The fourth-order valence-corrected chi connectivity index (χ4v) is 6.98. The number of nitrogens with one attached hydrogen (secondary N) is 2. The summed E-state index contributed by atoms with van der Waals surface area (Å²) < 4.78 is 36.8. The Morgan fingerprint density at radius 2 is 2.06 bits per heavy atom. The third kappa shape index (κ3) is 4.33. The molecule has 2 bridgehead atoms. The fourth-order valence-electron chi connectivity index (χ4n) is 5.88. The number of piperidine rings is 1. The summed E-state index contributed by atoms with van der Waals surface area (Å²) in [5, 5.41) is 4.66. The van der Waals surface area contributed by atoms with E-state index in [1.54, 1.807) is 17.5 Å². The summed E-state index contributed by atoms with van der Waals surface area (Å²) in [6.45, 7) is 7.49. The Morgan fingerprint density at radius 1 is 1.25 bits per heavy atom. The second-order valence-corrected chi connectivity index (χ2v) is 11.6. The van der Waals surface area contributed by atoms with Gasteiger partial charge in [0.2, 0.25) is 10.0 Å². The topological polar surface area (TPSA) is 122 Å². The lowest BCUT2D eigenvalue weighted by atomic mass is 9.99. The molecular formula is C25H34N6O4S. The van der Waals surface area contributed by atoms with E-state index >= 15 is 0 Å². The third-order valence-corrected chi connectivity index (χ3v) is 8.98. The Kier molecular flexibility index (Phi) is 6.65. The van der Waals surface area contributed by atoms with Gasteiger partial charge in [0.05, 0.1) is 22.8 Å². The summed E-state index contributed by atoms with van der Waals surface area (Å²) in [7, 11) is -1.66. The zero-order valence-corrected chi connectivity index (χ0v) is 22.1. The number of aromatic amines is 1. The number of hydrogen-bond acceptors (Lipinski definition) is 7. The Bertz CT molecular complexity index is 1450. The average molecular weight is 515 g/mol. The predicted molar refractivity (Wildman–Crippen MR) is 137 cm³/mol. The first-order chi connectivity index (χ1) is 17.2. The van der Waals surface area contributed by atoms with E-state index in [0.29, 0.717) is 65.8 Å². The zero-order valence-electron chi connectivity index (χ0n) is 21.2. The van der Waals surface area contributed by atoms with Gasteiger partial charge in [0, 0.05) is 25.6 Å². The Hall–Kier alpha value is -2.76. The van der Waals surface area contributed by atoms with E-state index in [2.05, 4.69) is 31.7 Å². The number of rotatable bonds is 9. The molecule has 3 heterocycles. The highest BCUT2D eigenvalue weighted by molar-refractivity contribution is 7.89. The quantitative estimate of drug-likeness (QED) is 0.450. The molecule has 1 aromatic carbocycles. The number of fused-ring (bicyclic) bond motifs is 3. The number of aromatic nitrogens is 4. The molecule has 0 spiro atoms. The van der Waals surface area contributed by atoms with Gasteiger partial charge in [-0.25, -0.2) is 22.6 Å². The number of ether oxygens (including phenoxy) is 1. The third-order valence-electron chi connectivity index (χ3n) is 7.56. The predicted octanol–water partition coefficient (Wildman–Crippen LogP) is 2.36. The highest BCUT2D eigenvalue weighted by Gasteiger charge is 2.45. The molecule has 5 rings (SSSR count). The molecule has 1 aliphatic heterocycles. The minimum Gasteiger partial charge on any atom is -0.493 e. The molecule has 1 saturated heterocycles. The Morgan fingerprint density at radius 3 is 2.72 bits per heavy atom. The normalized spacial score (nSPS) is 22.1. The van der Waals surface area contributed by atoms with Crippen LogP contribution in [0.1, 0.15) is 44.6 Å². The molecule has 3 aromatic rings. The van der Waals surface area contributed by atoms with Gasteiger partial charge in [0.15, 0.2) is 11.3 Å². The minimum atomic E-state index is -3.77. The van der Waals surface area contributed by atoms with Crippen LogP contribution in [0.2, 0.25) is 0 Å². The van der Waals surface area contributed by atoms with Crippen LogP contribution < -0.4 is 15.0 Å². The smallest absolute Gasteiger partial charge is 0.277 e. The molecule has 2 N–H and O–H groups in total. The summed E-state index contributed by atoms with van der Waals surface area (Å²) in [5.74, 6) is 2.24. The van der Waals surface area contributed by atoms with Crippen molar-refractivity contribution in [1.82, 2.24) is 29.2 Å². The number of likely N-dealkylation sites (tertiary alicyclic amines) is 1. The van der Waals surface area contributed by atoms with Crippen LogP contribution in [0.25, 0.3) is 16.9 Å². The first-order valence-electron chi connectivity index (χ1n) is 12.7. The molecule has 2 aromatic heterocycles. The molecule has 194 valence electrons. The maximum Gasteiger partial charge on any atom is 0.277 e. The van der Waals surface area contributed by atoms with Crippen molar-refractivity contribution < 1.29 is 13.2 Å². The second-order valence-electron chi connectivity index (χ2n) is 9.88. The van der Waals surface area contributed by atoms with Crippen molar-refractivity contribution in [1.29, 1.82) is 0 Å². The first kappa shape index (κ1) is 24.9. The average Bonchev–Trinajstić information content (AvgIpc) is 3.48. The molecular weight excluding hydrogens is 480 g/mol. The van der Waals surface area contributed by atoms with E-state index in [1.165, 1.54) is 12.1 Å². The highest BCUT2D eigenvalue weighted by atomic mass is 32.2. The van der Waals surface area contributed by atoms with E-state index in [0.717, 1.165) is 25.8 Å². The van der Waals surface area contributed by atoms with Crippen LogP contribution in [0.5, 0.6) is 5.75 Å². The van der Waals surface area contributed by atoms with E-state index in [1.807, 2.05) is 13.8 Å². The maximum absolute atomic E-state index is 13.3. The molecule has 1 aliphatic carbocycles. The molecule has 3 unspecified atom stereocenters. The number of H-pyrrole nitrogens is 1. The standard InChI is InChI=1S/C25H34N6O4S/c1-5-7-22-27-15(3)23-25(32)28-24(29-31(22)23)18-12-17(9-11-21(18)35-6-2)36(33,34)26-13-19-16-8-10-20(19)30(4)14-16/h9,11-12,16,19-20,26H,5-8,10,13-14H2,1-4H3,(H,28,29,32). The van der Waals surface area contributed by atoms with Crippen molar-refractivity contribution in [3.05, 3.63) is 40.1 Å². The lowest BCUT2D eigenvalue weighted by Gasteiger charge is -2.22. The van der Waals surface area contributed by atoms with Gasteiger partial charge in [-0.05, 0) is 70.2 Å². The lowest BCUT2D eigenvalue weighted by molar-refractivity contribution is 0.253. The molecule has 0 radical (unpaired) electrons. The van der Waals surface area contributed by atoms with Gasteiger partial charge in [-0.1, -0.05) is 6.92 Å². The van der Waals surface area contributed by atoms with Gasteiger partial charge in [0.1, 0.15) is 11.6 Å². The number of sulfonamides is 1. The van der Waals surface area contributed by atoms with Gasteiger partial charge in [0.25, 0.3) is 5.56 Å². The zero-order chi connectivity index (χ0) is 25.6. The summed E-state index contributed by atoms with van der Waals surface area (Å²) in [4.78, 5) is 22.8. The summed E-state index contributed by atoms with van der Waals surface area (Å²) in [5.41, 5.74) is 1.08. The van der Waals surface area contributed by atoms with Crippen molar-refractivity contribution >= 4 is 15.5 Å². The van der Waals surface area contributed by atoms with E-state index < -0.39 is 10.0 Å². The number of imidazole rings is 1. The van der Waals surface area contributed by atoms with Gasteiger partial charge >= 0.3 is 0 Å². The van der Waals surface area contributed by atoms with Crippen LogP contribution in [0.3, 0.4) is 0 Å². The van der Waals surface area contributed by atoms with Crippen molar-refractivity contribution in [2.75, 3.05) is 26.7 Å². The first-order valence-corrected chi connectivity index (χ1v) is 14.2. The number of hydrogen-bond donors (Lipinski definition) is 2. The van der Waals surface area contributed by atoms with Crippen LogP contribution in [0.4, 0.5) is 0 Å². The van der Waals surface area contributed by atoms with Crippen molar-refractivity contribution in [3.8, 4) is 17.1 Å². The van der Waals surface area contributed by atoms with Gasteiger partial charge in [-0.3, -0.25) is 4.79 Å². The second kappa shape index (κ2) is 9.60. The van der Waals surface area contributed by atoms with E-state index in [-0.39, 0.29) is 16.3 Å². The number of benzene rings is 1. The van der Waals surface area contributed by atoms with Crippen LogP contribution in [0, 0.1) is 18.8 Å². The van der Waals surface area contributed by atoms with E-state index in [9.17, 15) is 13.2 Å². The Balaban J connectivity index is 1.51. The lowest BCUT2D eigenvalue weighted by Crippen LogP contribution is -2.35. The van der Waals surface area contributed by atoms with Crippen LogP contribution in [0.15, 0.2) is 27.9 Å². The van der Waals surface area contributed by atoms with Crippen LogP contribution in [-0.2, 0) is 16.4 Å². The van der Waals surface area contributed by atoms with Gasteiger partial charge < -0.3 is 14.6 Å². The maximum atomic E-state index is 13.3. The van der Waals surface area contributed by atoms with Crippen LogP contribution in [-0.4, -0.2) is 65.7 Å². The van der Waals surface area contributed by atoms with Gasteiger partial charge in [-0.2, -0.15) is 0 Å². The summed E-state index contributed by atoms with van der Waals surface area (Å²) in [6.07, 6.45) is 3.80. The van der Waals surface area contributed by atoms with Crippen molar-refractivity contribution in [2.24, 2.45) is 11.8 Å². The molecule has 36 heavy (non-hydrogen) atoms. The molecule has 0 amide bonds. The minimum absolute atomic E-state index is 0.109. The molecule has 11 heteroatoms. The van der Waals surface area contributed by atoms with E-state index in [4.69, 9.17) is 4.74 Å². The molecule has 1 saturated carbocycles. The fraction of sp³-hybridized carbons (Fsp3) is 0.560. The molecule has 10 nitrogen and oxygen atoms in total. The van der Waals surface area contributed by atoms with Crippen molar-refractivity contribution in [3.63, 3.8) is 0 Å². The Labute approximate surface area is 211 Å². The van der Waals surface area contributed by atoms with Crippen molar-refractivity contribution in [2.45, 2.75) is 57.4 Å². The largest absolute Gasteiger partial charge is 0.493 e. The number of nitrogens with zero attached hydrogens (tertiary/aromatic N) is 4. The molecule has 2 fully saturated rings. The summed E-state index contributed by atoms with van der Waals surface area (Å²) in [6, 6.07) is 5.12. The monoisotopic (exact) mass is 514 g/mol. The SMILES string of the molecule is CCCc1nc(C)c2c(=O)[nH]c(-c3cc(S(=O)(=O)NCC4C5CCC4N(C)C5)ccc3OCC)nn12. The highest BCUT2D eigenvalue weighted by Crippen LogP contribution is 2.41.